The van der Waals surface area contributed by atoms with E-state index in [9.17, 15) is 13.2 Å². The van der Waals surface area contributed by atoms with E-state index < -0.39 is 12.1 Å². The van der Waals surface area contributed by atoms with Crippen molar-refractivity contribution >= 4 is 17.4 Å². The molecule has 0 amide bonds. The molecule has 1 saturated heterocycles. The van der Waals surface area contributed by atoms with E-state index >= 15 is 0 Å². The molecule has 1 aliphatic heterocycles. The predicted molar refractivity (Wildman–Crippen MR) is 77.6 cm³/mol. The van der Waals surface area contributed by atoms with E-state index in [1.807, 2.05) is 17.9 Å². The minimum absolute atomic E-state index is 0.0979. The first-order valence-corrected chi connectivity index (χ1v) is 7.46. The lowest BCUT2D eigenvalue weighted by molar-refractivity contribution is -0.179. The molecule has 2 heterocycles. The van der Waals surface area contributed by atoms with Gasteiger partial charge in [-0.05, 0) is 31.0 Å². The van der Waals surface area contributed by atoms with E-state index in [2.05, 4.69) is 10.3 Å². The Kier molecular flexibility index (Phi) is 5.32. The molecule has 2 rings (SSSR count). The largest absolute Gasteiger partial charge is 0.391 e. The summed E-state index contributed by atoms with van der Waals surface area (Å²) in [7, 11) is 0. The van der Waals surface area contributed by atoms with Gasteiger partial charge in [-0.15, -0.1) is 0 Å². The Morgan fingerprint density at radius 1 is 1.38 bits per heavy atom. The Hall–Kier alpha value is -1.01. The van der Waals surface area contributed by atoms with Crippen LogP contribution in [-0.2, 0) is 6.54 Å². The van der Waals surface area contributed by atoms with Gasteiger partial charge < -0.3 is 10.2 Å². The number of hydrogen-bond acceptors (Lipinski definition) is 3. The number of aromatic nitrogens is 1. The summed E-state index contributed by atoms with van der Waals surface area (Å²) in [5.41, 5.74) is 0.968. The molecular weight excluding hydrogens is 303 g/mol. The molecule has 0 atom stereocenters. The smallest absolute Gasteiger partial charge is 0.355 e. The molecule has 0 saturated carbocycles. The molecular formula is C14H19ClF3N3. The number of alkyl halides is 3. The molecule has 0 bridgehead atoms. The van der Waals surface area contributed by atoms with Crippen LogP contribution < -0.4 is 10.2 Å². The molecule has 0 spiro atoms. The standard InChI is InChI=1S/C14H19ClF3N3/c1-2-19-8-10-7-12(15)13(20-9-10)21-5-3-11(4-6-21)14(16,17)18/h7,9,11,19H,2-6,8H2,1H3. The zero-order valence-electron chi connectivity index (χ0n) is 11.9. The molecule has 118 valence electrons. The zero-order chi connectivity index (χ0) is 15.5. The van der Waals surface area contributed by atoms with Crippen LogP contribution in [0.5, 0.6) is 0 Å². The summed E-state index contributed by atoms with van der Waals surface area (Å²) in [5.74, 6) is -0.627. The molecule has 1 aromatic rings. The van der Waals surface area contributed by atoms with Gasteiger partial charge in [0.25, 0.3) is 0 Å². The van der Waals surface area contributed by atoms with Crippen molar-refractivity contribution in [3.63, 3.8) is 0 Å². The first-order valence-electron chi connectivity index (χ1n) is 7.08. The summed E-state index contributed by atoms with van der Waals surface area (Å²) in [6.07, 6.45) is -2.18. The SMILES string of the molecule is CCNCc1cnc(N2CCC(C(F)(F)F)CC2)c(Cl)c1. The predicted octanol–water partition coefficient (Wildman–Crippen LogP) is 3.62. The second-order valence-corrected chi connectivity index (χ2v) is 5.64. The summed E-state index contributed by atoms with van der Waals surface area (Å²) in [6.45, 7) is 4.21. The molecule has 21 heavy (non-hydrogen) atoms. The van der Waals surface area contributed by atoms with Crippen LogP contribution in [0.15, 0.2) is 12.3 Å². The van der Waals surface area contributed by atoms with Crippen LogP contribution in [-0.4, -0.2) is 30.8 Å². The number of nitrogens with zero attached hydrogens (tertiary/aromatic N) is 2. The van der Waals surface area contributed by atoms with Gasteiger partial charge in [0.2, 0.25) is 0 Å². The van der Waals surface area contributed by atoms with Crippen molar-refractivity contribution in [2.75, 3.05) is 24.5 Å². The molecule has 3 nitrogen and oxygen atoms in total. The number of nitrogens with one attached hydrogen (secondary N) is 1. The first-order chi connectivity index (χ1) is 9.91. The Bertz CT molecular complexity index is 471. The molecule has 1 aliphatic rings. The Morgan fingerprint density at radius 3 is 2.57 bits per heavy atom. The summed E-state index contributed by atoms with van der Waals surface area (Å²) in [5, 5.41) is 3.67. The van der Waals surface area contributed by atoms with E-state index in [-0.39, 0.29) is 12.8 Å². The van der Waals surface area contributed by atoms with Gasteiger partial charge in [-0.3, -0.25) is 0 Å². The van der Waals surface area contributed by atoms with Gasteiger partial charge in [0.1, 0.15) is 5.82 Å². The number of hydrogen-bond donors (Lipinski definition) is 1. The maximum Gasteiger partial charge on any atom is 0.391 e. The lowest BCUT2D eigenvalue weighted by Crippen LogP contribution is -2.39. The number of pyridine rings is 1. The normalized spacial score (nSPS) is 17.3. The molecule has 0 aliphatic carbocycles. The van der Waals surface area contributed by atoms with Crippen molar-refractivity contribution in [3.8, 4) is 0 Å². The third-order valence-corrected chi connectivity index (χ3v) is 3.99. The molecule has 1 N–H and O–H groups in total. The van der Waals surface area contributed by atoms with Crippen LogP contribution in [0.4, 0.5) is 19.0 Å². The molecule has 0 unspecified atom stereocenters. The van der Waals surface area contributed by atoms with E-state index in [0.29, 0.717) is 30.5 Å². The lowest BCUT2D eigenvalue weighted by Gasteiger charge is -2.34. The monoisotopic (exact) mass is 321 g/mol. The molecule has 0 radical (unpaired) electrons. The summed E-state index contributed by atoms with van der Waals surface area (Å²) >= 11 is 6.21. The fourth-order valence-electron chi connectivity index (χ4n) is 2.49. The first kappa shape index (κ1) is 16.4. The average Bonchev–Trinajstić information content (AvgIpc) is 2.44. The maximum absolute atomic E-state index is 12.7. The average molecular weight is 322 g/mol. The van der Waals surface area contributed by atoms with Crippen molar-refractivity contribution in [2.24, 2.45) is 5.92 Å². The summed E-state index contributed by atoms with van der Waals surface area (Å²) in [4.78, 5) is 6.15. The van der Waals surface area contributed by atoms with Crippen molar-refractivity contribution in [1.29, 1.82) is 0 Å². The van der Waals surface area contributed by atoms with Gasteiger partial charge in [-0.1, -0.05) is 18.5 Å². The highest BCUT2D eigenvalue weighted by Gasteiger charge is 2.41. The topological polar surface area (TPSA) is 28.2 Å². The van der Waals surface area contributed by atoms with Crippen molar-refractivity contribution in [2.45, 2.75) is 32.5 Å². The minimum atomic E-state index is -4.10. The van der Waals surface area contributed by atoms with Gasteiger partial charge in [-0.25, -0.2) is 4.98 Å². The van der Waals surface area contributed by atoms with Gasteiger partial charge in [0, 0.05) is 25.8 Å². The van der Waals surface area contributed by atoms with Crippen LogP contribution in [0.1, 0.15) is 25.3 Å². The Morgan fingerprint density at radius 2 is 2.05 bits per heavy atom. The molecule has 7 heteroatoms. The van der Waals surface area contributed by atoms with E-state index in [4.69, 9.17) is 11.6 Å². The second kappa shape index (κ2) is 6.83. The number of halogens is 4. The van der Waals surface area contributed by atoms with Crippen LogP contribution in [0.2, 0.25) is 5.02 Å². The highest BCUT2D eigenvalue weighted by atomic mass is 35.5. The Balaban J connectivity index is 2.00. The van der Waals surface area contributed by atoms with Crippen LogP contribution >= 0.6 is 11.6 Å². The molecule has 0 aromatic carbocycles. The zero-order valence-corrected chi connectivity index (χ0v) is 12.6. The van der Waals surface area contributed by atoms with Gasteiger partial charge in [0.05, 0.1) is 10.9 Å². The van der Waals surface area contributed by atoms with Crippen molar-refractivity contribution in [3.05, 3.63) is 22.8 Å². The maximum atomic E-state index is 12.7. The third kappa shape index (κ3) is 4.23. The van der Waals surface area contributed by atoms with Gasteiger partial charge >= 0.3 is 6.18 Å². The molecule has 1 aromatic heterocycles. The highest BCUT2D eigenvalue weighted by molar-refractivity contribution is 6.33. The highest BCUT2D eigenvalue weighted by Crippen LogP contribution is 2.36. The summed E-state index contributed by atoms with van der Waals surface area (Å²) < 4.78 is 38.0. The quantitative estimate of drug-likeness (QED) is 0.918. The minimum Gasteiger partial charge on any atom is -0.355 e. The van der Waals surface area contributed by atoms with Crippen molar-refractivity contribution in [1.82, 2.24) is 10.3 Å². The van der Waals surface area contributed by atoms with E-state index in [1.54, 1.807) is 6.20 Å². The molecule has 1 fully saturated rings. The second-order valence-electron chi connectivity index (χ2n) is 5.23. The fourth-order valence-corrected chi connectivity index (χ4v) is 2.80. The number of anilines is 1. The number of piperidine rings is 1. The van der Waals surface area contributed by atoms with Crippen LogP contribution in [0, 0.1) is 5.92 Å². The van der Waals surface area contributed by atoms with Gasteiger partial charge in [-0.2, -0.15) is 13.2 Å². The van der Waals surface area contributed by atoms with E-state index in [1.165, 1.54) is 0 Å². The Labute approximate surface area is 127 Å². The van der Waals surface area contributed by atoms with Crippen LogP contribution in [0.25, 0.3) is 0 Å². The van der Waals surface area contributed by atoms with Gasteiger partial charge in [0.15, 0.2) is 0 Å². The number of rotatable bonds is 4. The third-order valence-electron chi connectivity index (χ3n) is 3.71. The summed E-state index contributed by atoms with van der Waals surface area (Å²) in [6, 6.07) is 1.82. The van der Waals surface area contributed by atoms with E-state index in [0.717, 1.165) is 12.1 Å². The van der Waals surface area contributed by atoms with Crippen molar-refractivity contribution < 1.29 is 13.2 Å². The fraction of sp³-hybridized carbons (Fsp3) is 0.643. The van der Waals surface area contributed by atoms with Crippen LogP contribution in [0.3, 0.4) is 0 Å². The lowest BCUT2D eigenvalue weighted by atomic mass is 9.96.